The van der Waals surface area contributed by atoms with Gasteiger partial charge < -0.3 is 24.2 Å². The predicted molar refractivity (Wildman–Crippen MR) is 201 cm³/mol. The number of nitrogens with one attached hydrogen (secondary N) is 1. The molecule has 2 atom stereocenters. The number of halogens is 3. The maximum absolute atomic E-state index is 14.1. The van der Waals surface area contributed by atoms with E-state index in [4.69, 9.17) is 19.4 Å². The number of hydrogen-bond acceptors (Lipinski definition) is 9. The second-order valence-corrected chi connectivity index (χ2v) is 16.1. The Bertz CT molecular complexity index is 2100. The standard InChI is InChI=1S/C40H47F3N8O3/c1-4-32(52)51-21-39(22-51)11-15-48(16-12-39)37-29-17-28(25-6-7-25)34(33-24(2)5-8-31-30(33)18-44-47-31)36(54-23-40(41,42)43)35(29)45-38(46-37)50-13-9-26(19-50)49-14-10-27(20-49)53-3/h4-5,8,17-18,25-27H,1,6-7,9-16,19-23H2,2-3H3,(H,44,47)/t26-,27+/m1/s1. The zero-order chi connectivity index (χ0) is 37.4. The number of rotatable bonds is 9. The molecule has 11 nitrogen and oxygen atoms in total. The minimum atomic E-state index is -4.56. The van der Waals surface area contributed by atoms with Gasteiger partial charge >= 0.3 is 6.18 Å². The van der Waals surface area contributed by atoms with Crippen LogP contribution in [0.2, 0.25) is 0 Å². The molecule has 5 aliphatic rings. The highest BCUT2D eigenvalue weighted by atomic mass is 19.4. The minimum Gasteiger partial charge on any atom is -0.481 e. The monoisotopic (exact) mass is 744 g/mol. The first-order chi connectivity index (χ1) is 26.0. The first kappa shape index (κ1) is 35.3. The summed E-state index contributed by atoms with van der Waals surface area (Å²) in [6.07, 6.45) is 4.34. The van der Waals surface area contributed by atoms with Crippen molar-refractivity contribution >= 4 is 39.5 Å². The van der Waals surface area contributed by atoms with Gasteiger partial charge in [0.1, 0.15) is 11.3 Å². The highest BCUT2D eigenvalue weighted by molar-refractivity contribution is 6.06. The van der Waals surface area contributed by atoms with E-state index in [1.807, 2.05) is 24.0 Å². The maximum Gasteiger partial charge on any atom is 0.422 e. The number of H-pyrrole nitrogens is 1. The molecular formula is C40H47F3N8O3. The molecule has 4 aromatic rings. The maximum atomic E-state index is 14.1. The van der Waals surface area contributed by atoms with Crippen LogP contribution in [0.15, 0.2) is 37.1 Å². The fraction of sp³-hybridized carbons (Fsp3) is 0.550. The smallest absolute Gasteiger partial charge is 0.422 e. The van der Waals surface area contributed by atoms with Crippen molar-refractivity contribution in [3.63, 3.8) is 0 Å². The van der Waals surface area contributed by atoms with Gasteiger partial charge in [-0.05, 0) is 86.3 Å². The van der Waals surface area contributed by atoms with Crippen LogP contribution in [-0.4, -0.2) is 120 Å². The van der Waals surface area contributed by atoms with E-state index in [9.17, 15) is 18.0 Å². The second kappa shape index (κ2) is 13.4. The molecule has 286 valence electrons. The first-order valence-electron chi connectivity index (χ1n) is 19.2. The number of aromatic amines is 1. The summed E-state index contributed by atoms with van der Waals surface area (Å²) in [7, 11) is 1.76. The van der Waals surface area contributed by atoms with Crippen molar-refractivity contribution in [1.82, 2.24) is 30.0 Å². The second-order valence-electron chi connectivity index (χ2n) is 16.1. The number of alkyl halides is 3. The number of piperidine rings is 1. The summed E-state index contributed by atoms with van der Waals surface area (Å²) in [6, 6.07) is 6.37. The van der Waals surface area contributed by atoms with Gasteiger partial charge in [-0.15, -0.1) is 0 Å². The zero-order valence-corrected chi connectivity index (χ0v) is 30.9. The fourth-order valence-electron chi connectivity index (χ4n) is 9.40. The van der Waals surface area contributed by atoms with Gasteiger partial charge in [-0.2, -0.15) is 23.3 Å². The van der Waals surface area contributed by atoms with E-state index in [0.717, 1.165) is 98.1 Å². The average Bonchev–Trinajstić information content (AvgIpc) is 3.49. The van der Waals surface area contributed by atoms with Gasteiger partial charge in [0.05, 0.1) is 17.8 Å². The van der Waals surface area contributed by atoms with Gasteiger partial charge in [-0.3, -0.25) is 14.8 Å². The number of ether oxygens (including phenoxy) is 2. The van der Waals surface area contributed by atoms with Gasteiger partial charge in [0.2, 0.25) is 11.9 Å². The number of nitrogens with zero attached hydrogens (tertiary/aromatic N) is 7. The lowest BCUT2D eigenvalue weighted by atomic mass is 9.72. The van der Waals surface area contributed by atoms with E-state index >= 15 is 0 Å². The van der Waals surface area contributed by atoms with E-state index in [0.29, 0.717) is 54.6 Å². The van der Waals surface area contributed by atoms with Crippen molar-refractivity contribution in [2.75, 3.05) is 75.9 Å². The highest BCUT2D eigenvalue weighted by Crippen LogP contribution is 2.53. The molecule has 0 radical (unpaired) electrons. The molecule has 0 bridgehead atoms. The summed E-state index contributed by atoms with van der Waals surface area (Å²) in [5.41, 5.74) is 4.61. The summed E-state index contributed by atoms with van der Waals surface area (Å²) in [5, 5.41) is 8.90. The number of hydrogen-bond donors (Lipinski definition) is 1. The van der Waals surface area contributed by atoms with Crippen LogP contribution in [0.1, 0.15) is 55.6 Å². The van der Waals surface area contributed by atoms with Crippen LogP contribution < -0.4 is 14.5 Å². The lowest BCUT2D eigenvalue weighted by Crippen LogP contribution is -2.61. The number of carbonyl (C=O) groups is 1. The number of fused-ring (bicyclic) bond motifs is 2. The van der Waals surface area contributed by atoms with Crippen LogP contribution in [0.5, 0.6) is 5.75 Å². The van der Waals surface area contributed by atoms with Gasteiger partial charge in [0.15, 0.2) is 12.4 Å². The molecule has 2 aromatic carbocycles. The Hall–Kier alpha value is -4.43. The Labute approximate surface area is 312 Å². The van der Waals surface area contributed by atoms with Crippen LogP contribution in [0.3, 0.4) is 0 Å². The lowest BCUT2D eigenvalue weighted by Gasteiger charge is -2.54. The van der Waals surface area contributed by atoms with Crippen LogP contribution >= 0.6 is 0 Å². The molecule has 1 N–H and O–H groups in total. The summed E-state index contributed by atoms with van der Waals surface area (Å²) in [6.45, 7) is 10.3. The van der Waals surface area contributed by atoms with E-state index in [2.05, 4.69) is 37.5 Å². The molecule has 1 spiro atoms. The van der Waals surface area contributed by atoms with E-state index in [-0.39, 0.29) is 29.1 Å². The van der Waals surface area contributed by atoms with Gasteiger partial charge in [-0.1, -0.05) is 12.6 Å². The predicted octanol–water partition coefficient (Wildman–Crippen LogP) is 6.21. The van der Waals surface area contributed by atoms with E-state index in [1.165, 1.54) is 6.08 Å². The fourth-order valence-corrected chi connectivity index (χ4v) is 9.40. The van der Waals surface area contributed by atoms with Crippen molar-refractivity contribution in [1.29, 1.82) is 0 Å². The topological polar surface area (TPSA) is 103 Å². The molecule has 14 heteroatoms. The van der Waals surface area contributed by atoms with Crippen molar-refractivity contribution < 1.29 is 27.4 Å². The van der Waals surface area contributed by atoms with Gasteiger partial charge in [0.25, 0.3) is 0 Å². The largest absolute Gasteiger partial charge is 0.481 e. The number of benzene rings is 2. The van der Waals surface area contributed by atoms with Crippen molar-refractivity contribution in [3.8, 4) is 16.9 Å². The van der Waals surface area contributed by atoms with Gasteiger partial charge in [0, 0.05) is 87.3 Å². The summed E-state index contributed by atoms with van der Waals surface area (Å²) >= 11 is 0. The average molecular weight is 745 g/mol. The molecular weight excluding hydrogens is 697 g/mol. The molecule has 1 amide bonds. The Morgan fingerprint density at radius 1 is 1.02 bits per heavy atom. The van der Waals surface area contributed by atoms with E-state index < -0.39 is 12.8 Å². The third-order valence-electron chi connectivity index (χ3n) is 12.6. The Balaban J connectivity index is 1.19. The summed E-state index contributed by atoms with van der Waals surface area (Å²) in [4.78, 5) is 31.6. The normalized spacial score (nSPS) is 23.2. The number of anilines is 2. The van der Waals surface area contributed by atoms with E-state index in [1.54, 1.807) is 13.3 Å². The van der Waals surface area contributed by atoms with Crippen molar-refractivity contribution in [2.24, 2.45) is 5.41 Å². The molecule has 4 aliphatic heterocycles. The molecule has 2 aromatic heterocycles. The molecule has 1 saturated carbocycles. The molecule has 54 heavy (non-hydrogen) atoms. The Morgan fingerprint density at radius 2 is 1.81 bits per heavy atom. The van der Waals surface area contributed by atoms with Crippen LogP contribution in [0.4, 0.5) is 24.9 Å². The lowest BCUT2D eigenvalue weighted by molar-refractivity contribution is -0.153. The molecule has 5 fully saturated rings. The Morgan fingerprint density at radius 3 is 2.52 bits per heavy atom. The quantitative estimate of drug-likeness (QED) is 0.201. The van der Waals surface area contributed by atoms with Crippen LogP contribution in [0, 0.1) is 12.3 Å². The van der Waals surface area contributed by atoms with Gasteiger partial charge in [-0.25, -0.2) is 4.98 Å². The number of likely N-dealkylation sites (tertiary alicyclic amines) is 2. The SMILES string of the molecule is C=CC(=O)N1CC2(CCN(c3nc(N4CC[C@@H](N5CC[C@H](OC)C5)C4)nc4c(OCC(F)(F)F)c(-c5c(C)ccc6[nH]ncc56)c(C5CC5)cc34)CC2)C1. The summed E-state index contributed by atoms with van der Waals surface area (Å²) in [5.74, 6) is 1.53. The third-order valence-corrected chi connectivity index (χ3v) is 12.6. The van der Waals surface area contributed by atoms with Crippen molar-refractivity contribution in [2.45, 2.75) is 69.7 Å². The minimum absolute atomic E-state index is 0.0405. The third kappa shape index (κ3) is 6.34. The number of amides is 1. The molecule has 0 unspecified atom stereocenters. The highest BCUT2D eigenvalue weighted by Gasteiger charge is 2.47. The number of aryl methyl sites for hydroxylation is 1. The zero-order valence-electron chi connectivity index (χ0n) is 30.9. The molecule has 1 aliphatic carbocycles. The number of carbonyl (C=O) groups excluding carboxylic acids is 1. The summed E-state index contributed by atoms with van der Waals surface area (Å²) < 4.78 is 54.1. The number of methoxy groups -OCH3 is 1. The molecule has 9 rings (SSSR count). The van der Waals surface area contributed by atoms with Crippen molar-refractivity contribution in [3.05, 3.63) is 48.2 Å². The van der Waals surface area contributed by atoms with Crippen LogP contribution in [-0.2, 0) is 9.53 Å². The van der Waals surface area contributed by atoms with Crippen LogP contribution in [0.25, 0.3) is 32.9 Å². The molecule has 6 heterocycles. The first-order valence-corrected chi connectivity index (χ1v) is 19.2. The Kier molecular flexibility index (Phi) is 8.75. The molecule has 4 saturated heterocycles. The number of aromatic nitrogens is 4.